The Bertz CT molecular complexity index is 478. The molecule has 1 amide bonds. The number of nitrogens with one attached hydrogen (secondary N) is 1. The van der Waals surface area contributed by atoms with Crippen molar-refractivity contribution in [1.82, 2.24) is 0 Å². The summed E-state index contributed by atoms with van der Waals surface area (Å²) in [6.45, 7) is 1.00. The summed E-state index contributed by atoms with van der Waals surface area (Å²) in [4.78, 5) is 21.6. The fourth-order valence-corrected chi connectivity index (χ4v) is 1.88. The average Bonchev–Trinajstić information content (AvgIpc) is 2.25. The van der Waals surface area contributed by atoms with Crippen LogP contribution in [0, 0.1) is 6.92 Å². The molecule has 0 aliphatic carbocycles. The Morgan fingerprint density at radius 3 is 2.72 bits per heavy atom. The molecule has 1 rings (SSSR count). The SMILES string of the molecule is Cc1cc(Br)c(NC(=O)COCC(=O)O)cc1Cl. The van der Waals surface area contributed by atoms with Gasteiger partial charge in [0.2, 0.25) is 5.91 Å². The first kappa shape index (κ1) is 14.9. The highest BCUT2D eigenvalue weighted by molar-refractivity contribution is 9.10. The van der Waals surface area contributed by atoms with Crippen LogP contribution < -0.4 is 5.32 Å². The highest BCUT2D eigenvalue weighted by Crippen LogP contribution is 2.29. The van der Waals surface area contributed by atoms with E-state index in [1.807, 2.05) is 6.92 Å². The lowest BCUT2D eigenvalue weighted by Crippen LogP contribution is -2.20. The molecule has 0 aromatic heterocycles. The van der Waals surface area contributed by atoms with Gasteiger partial charge >= 0.3 is 5.97 Å². The van der Waals surface area contributed by atoms with Gasteiger partial charge in [0, 0.05) is 9.50 Å². The van der Waals surface area contributed by atoms with Crippen LogP contribution in [0.25, 0.3) is 0 Å². The van der Waals surface area contributed by atoms with Crippen LogP contribution in [-0.4, -0.2) is 30.2 Å². The molecule has 0 unspecified atom stereocenters. The van der Waals surface area contributed by atoms with Gasteiger partial charge in [-0.25, -0.2) is 4.79 Å². The van der Waals surface area contributed by atoms with Gasteiger partial charge in [0.25, 0.3) is 0 Å². The average molecular weight is 337 g/mol. The van der Waals surface area contributed by atoms with Crippen molar-refractivity contribution in [3.8, 4) is 0 Å². The van der Waals surface area contributed by atoms with E-state index in [4.69, 9.17) is 16.7 Å². The number of hydrogen-bond acceptors (Lipinski definition) is 3. The zero-order valence-electron chi connectivity index (χ0n) is 9.50. The summed E-state index contributed by atoms with van der Waals surface area (Å²) in [5, 5.41) is 11.4. The van der Waals surface area contributed by atoms with Gasteiger partial charge in [-0.1, -0.05) is 11.6 Å². The normalized spacial score (nSPS) is 10.2. The smallest absolute Gasteiger partial charge is 0.329 e. The van der Waals surface area contributed by atoms with Crippen LogP contribution in [0.2, 0.25) is 5.02 Å². The van der Waals surface area contributed by atoms with Gasteiger partial charge in [-0.2, -0.15) is 0 Å². The molecule has 0 radical (unpaired) electrons. The number of ether oxygens (including phenoxy) is 1. The van der Waals surface area contributed by atoms with Gasteiger partial charge in [0.05, 0.1) is 5.69 Å². The lowest BCUT2D eigenvalue weighted by Gasteiger charge is -2.09. The molecule has 0 bridgehead atoms. The van der Waals surface area contributed by atoms with E-state index in [1.165, 1.54) is 0 Å². The highest BCUT2D eigenvalue weighted by atomic mass is 79.9. The summed E-state index contributed by atoms with van der Waals surface area (Å²) in [6, 6.07) is 3.38. The Kier molecular flexibility index (Phi) is 5.58. The number of halogens is 2. The predicted octanol–water partition coefficient (Wildman–Crippen LogP) is 2.45. The van der Waals surface area contributed by atoms with Crippen molar-refractivity contribution in [3.63, 3.8) is 0 Å². The third-order valence-electron chi connectivity index (χ3n) is 1.98. The van der Waals surface area contributed by atoms with E-state index in [2.05, 4.69) is 26.0 Å². The van der Waals surface area contributed by atoms with Gasteiger partial charge in [-0.15, -0.1) is 0 Å². The number of aryl methyl sites for hydroxylation is 1. The maximum absolute atomic E-state index is 11.4. The van der Waals surface area contributed by atoms with E-state index in [0.717, 1.165) is 5.56 Å². The summed E-state index contributed by atoms with van der Waals surface area (Å²) in [6.07, 6.45) is 0. The first-order chi connectivity index (χ1) is 8.40. The molecule has 0 heterocycles. The fraction of sp³-hybridized carbons (Fsp3) is 0.273. The third kappa shape index (κ3) is 4.64. The molecular formula is C11H11BrClNO4. The van der Waals surface area contributed by atoms with Crippen LogP contribution in [0.5, 0.6) is 0 Å². The summed E-state index contributed by atoms with van der Waals surface area (Å²) >= 11 is 9.23. The molecular weight excluding hydrogens is 325 g/mol. The fourth-order valence-electron chi connectivity index (χ4n) is 1.16. The number of carbonyl (C=O) groups excluding carboxylic acids is 1. The van der Waals surface area contributed by atoms with Crippen molar-refractivity contribution in [2.75, 3.05) is 18.5 Å². The van der Waals surface area contributed by atoms with E-state index in [-0.39, 0.29) is 6.61 Å². The number of carbonyl (C=O) groups is 2. The van der Waals surface area contributed by atoms with Crippen molar-refractivity contribution in [2.24, 2.45) is 0 Å². The molecule has 5 nitrogen and oxygen atoms in total. The van der Waals surface area contributed by atoms with Crippen molar-refractivity contribution in [2.45, 2.75) is 6.92 Å². The van der Waals surface area contributed by atoms with Crippen molar-refractivity contribution < 1.29 is 19.4 Å². The summed E-state index contributed by atoms with van der Waals surface area (Å²) < 4.78 is 5.35. The molecule has 0 spiro atoms. The topological polar surface area (TPSA) is 75.6 Å². The monoisotopic (exact) mass is 335 g/mol. The Hall–Kier alpha value is -1.11. The molecule has 0 fully saturated rings. The number of benzene rings is 1. The number of anilines is 1. The lowest BCUT2D eigenvalue weighted by molar-refractivity contribution is -0.143. The maximum Gasteiger partial charge on any atom is 0.329 e. The molecule has 0 saturated heterocycles. The van der Waals surface area contributed by atoms with Crippen LogP contribution in [0.3, 0.4) is 0 Å². The Balaban J connectivity index is 2.59. The van der Waals surface area contributed by atoms with Gasteiger partial charge in [-0.05, 0) is 40.5 Å². The first-order valence-corrected chi connectivity index (χ1v) is 6.12. The van der Waals surface area contributed by atoms with Crippen molar-refractivity contribution in [1.29, 1.82) is 0 Å². The van der Waals surface area contributed by atoms with Gasteiger partial charge in [-0.3, -0.25) is 4.79 Å². The second kappa shape index (κ2) is 6.72. The van der Waals surface area contributed by atoms with E-state index >= 15 is 0 Å². The summed E-state index contributed by atoms with van der Waals surface area (Å²) in [7, 11) is 0. The van der Waals surface area contributed by atoms with Crippen molar-refractivity contribution in [3.05, 3.63) is 27.2 Å². The van der Waals surface area contributed by atoms with Crippen LogP contribution in [0.4, 0.5) is 5.69 Å². The first-order valence-electron chi connectivity index (χ1n) is 4.95. The molecule has 1 aromatic rings. The molecule has 98 valence electrons. The largest absolute Gasteiger partial charge is 0.480 e. The lowest BCUT2D eigenvalue weighted by atomic mass is 10.2. The predicted molar refractivity (Wildman–Crippen MR) is 71.0 cm³/mol. The van der Waals surface area contributed by atoms with Crippen LogP contribution in [0.15, 0.2) is 16.6 Å². The summed E-state index contributed by atoms with van der Waals surface area (Å²) in [5.74, 6) is -1.57. The van der Waals surface area contributed by atoms with E-state index in [0.29, 0.717) is 15.2 Å². The minimum absolute atomic E-state index is 0.329. The Morgan fingerprint density at radius 2 is 2.11 bits per heavy atom. The number of rotatable bonds is 5. The van der Waals surface area contributed by atoms with Gasteiger partial charge in [0.15, 0.2) is 0 Å². The number of hydrogen-bond donors (Lipinski definition) is 2. The number of amides is 1. The zero-order chi connectivity index (χ0) is 13.7. The zero-order valence-corrected chi connectivity index (χ0v) is 11.8. The van der Waals surface area contributed by atoms with E-state index in [1.54, 1.807) is 12.1 Å². The van der Waals surface area contributed by atoms with Crippen LogP contribution >= 0.6 is 27.5 Å². The molecule has 0 saturated carbocycles. The molecule has 0 aliphatic rings. The highest BCUT2D eigenvalue weighted by Gasteiger charge is 2.09. The standard InChI is InChI=1S/C11H11BrClNO4/c1-6-2-7(12)9(3-8(6)13)14-10(15)4-18-5-11(16)17/h2-3H,4-5H2,1H3,(H,14,15)(H,16,17). The molecule has 7 heteroatoms. The van der Waals surface area contributed by atoms with Gasteiger partial charge in [0.1, 0.15) is 13.2 Å². The third-order valence-corrected chi connectivity index (χ3v) is 3.04. The van der Waals surface area contributed by atoms with E-state index < -0.39 is 18.5 Å². The minimum atomic E-state index is -1.12. The van der Waals surface area contributed by atoms with Crippen molar-refractivity contribution >= 4 is 45.1 Å². The molecule has 1 aromatic carbocycles. The number of carboxylic acid groups (broad SMARTS) is 1. The molecule has 0 aliphatic heterocycles. The molecule has 0 atom stereocenters. The number of carboxylic acids is 1. The molecule has 2 N–H and O–H groups in total. The Labute approximate surface area is 117 Å². The van der Waals surface area contributed by atoms with Crippen LogP contribution in [0.1, 0.15) is 5.56 Å². The maximum atomic E-state index is 11.4. The summed E-state index contributed by atoms with van der Waals surface area (Å²) in [5.41, 5.74) is 1.39. The number of aliphatic carboxylic acids is 1. The van der Waals surface area contributed by atoms with Crippen LogP contribution in [-0.2, 0) is 14.3 Å². The molecule has 18 heavy (non-hydrogen) atoms. The van der Waals surface area contributed by atoms with E-state index in [9.17, 15) is 9.59 Å². The Morgan fingerprint density at radius 1 is 1.44 bits per heavy atom. The second-order valence-corrected chi connectivity index (χ2v) is 4.78. The quantitative estimate of drug-likeness (QED) is 0.866. The second-order valence-electron chi connectivity index (χ2n) is 3.52. The van der Waals surface area contributed by atoms with Gasteiger partial charge < -0.3 is 15.2 Å². The minimum Gasteiger partial charge on any atom is -0.480 e.